The average Bonchev–Trinajstić information content (AvgIpc) is 2.36. The number of hydrogen-bond acceptors (Lipinski definition) is 3. The van der Waals surface area contributed by atoms with Crippen molar-refractivity contribution in [1.29, 1.82) is 0 Å². The van der Waals surface area contributed by atoms with Gasteiger partial charge in [-0.3, -0.25) is 4.90 Å². The fourth-order valence-electron chi connectivity index (χ4n) is 2.66. The Kier molecular flexibility index (Phi) is 5.71. The topological polar surface area (TPSA) is 32.8 Å². The maximum absolute atomic E-state index is 12.2. The number of amides is 1. The minimum absolute atomic E-state index is 0.173. The molecule has 22 heavy (non-hydrogen) atoms. The molecule has 0 aliphatic carbocycles. The van der Waals surface area contributed by atoms with Crippen LogP contribution in [0.15, 0.2) is 24.3 Å². The van der Waals surface area contributed by atoms with E-state index >= 15 is 0 Å². The normalized spacial score (nSPS) is 20.0. The van der Waals surface area contributed by atoms with Gasteiger partial charge in [0.2, 0.25) is 0 Å². The van der Waals surface area contributed by atoms with Gasteiger partial charge in [0.1, 0.15) is 5.60 Å². The molecule has 1 aliphatic rings. The molecular formula is C17H25IN2O2. The molecule has 2 rings (SSSR count). The van der Waals surface area contributed by atoms with E-state index in [2.05, 4.69) is 58.7 Å². The molecule has 1 atom stereocenters. The number of rotatable bonds is 2. The van der Waals surface area contributed by atoms with E-state index in [1.807, 2.05) is 25.7 Å². The van der Waals surface area contributed by atoms with Gasteiger partial charge in [-0.15, -0.1) is 0 Å². The van der Waals surface area contributed by atoms with E-state index in [0.717, 1.165) is 26.2 Å². The first kappa shape index (κ1) is 17.5. The van der Waals surface area contributed by atoms with Crippen LogP contribution in [0.25, 0.3) is 0 Å². The SMILES string of the molecule is C[C@H]1CN(Cc2cccc(I)c2)CCN1C(=O)OC(C)(C)C. The third-order valence-electron chi connectivity index (χ3n) is 3.63. The fourth-order valence-corrected chi connectivity index (χ4v) is 3.27. The predicted octanol–water partition coefficient (Wildman–Crippen LogP) is 3.73. The number of piperazine rings is 1. The number of carbonyl (C=O) groups is 1. The van der Waals surface area contributed by atoms with Gasteiger partial charge in [0.25, 0.3) is 0 Å². The summed E-state index contributed by atoms with van der Waals surface area (Å²) in [6.45, 7) is 11.2. The van der Waals surface area contributed by atoms with Gasteiger partial charge in [0.05, 0.1) is 0 Å². The van der Waals surface area contributed by atoms with E-state index in [0.29, 0.717) is 0 Å². The first-order valence-electron chi connectivity index (χ1n) is 7.71. The first-order chi connectivity index (χ1) is 10.2. The summed E-state index contributed by atoms with van der Waals surface area (Å²) < 4.78 is 6.74. The van der Waals surface area contributed by atoms with E-state index in [9.17, 15) is 4.79 Å². The molecule has 0 radical (unpaired) electrons. The lowest BCUT2D eigenvalue weighted by molar-refractivity contribution is 0.000562. The van der Waals surface area contributed by atoms with Crippen LogP contribution in [-0.4, -0.2) is 47.2 Å². The first-order valence-corrected chi connectivity index (χ1v) is 8.79. The lowest BCUT2D eigenvalue weighted by Gasteiger charge is -2.40. The van der Waals surface area contributed by atoms with Crippen LogP contribution in [0.5, 0.6) is 0 Å². The van der Waals surface area contributed by atoms with Gasteiger partial charge in [0, 0.05) is 35.8 Å². The molecule has 0 N–H and O–H groups in total. The van der Waals surface area contributed by atoms with Crippen LogP contribution < -0.4 is 0 Å². The number of benzene rings is 1. The highest BCUT2D eigenvalue weighted by molar-refractivity contribution is 14.1. The molecule has 0 unspecified atom stereocenters. The molecule has 0 aromatic heterocycles. The molecule has 1 aromatic carbocycles. The monoisotopic (exact) mass is 416 g/mol. The van der Waals surface area contributed by atoms with E-state index in [1.54, 1.807) is 0 Å². The van der Waals surface area contributed by atoms with Crippen LogP contribution in [0.2, 0.25) is 0 Å². The molecule has 0 saturated carbocycles. The van der Waals surface area contributed by atoms with Gasteiger partial charge in [0.15, 0.2) is 0 Å². The van der Waals surface area contributed by atoms with Crippen molar-refractivity contribution in [2.45, 2.75) is 45.9 Å². The van der Waals surface area contributed by atoms with Crippen molar-refractivity contribution < 1.29 is 9.53 Å². The van der Waals surface area contributed by atoms with E-state index in [1.165, 1.54) is 9.13 Å². The Hall–Kier alpha value is -0.820. The van der Waals surface area contributed by atoms with Crippen molar-refractivity contribution in [2.75, 3.05) is 19.6 Å². The minimum Gasteiger partial charge on any atom is -0.444 e. The van der Waals surface area contributed by atoms with Crippen molar-refractivity contribution in [3.8, 4) is 0 Å². The summed E-state index contributed by atoms with van der Waals surface area (Å²) >= 11 is 2.34. The maximum atomic E-state index is 12.2. The maximum Gasteiger partial charge on any atom is 0.410 e. The Morgan fingerprint density at radius 2 is 2.09 bits per heavy atom. The molecule has 1 aliphatic heterocycles. The van der Waals surface area contributed by atoms with Crippen molar-refractivity contribution in [3.63, 3.8) is 0 Å². The van der Waals surface area contributed by atoms with Crippen molar-refractivity contribution in [3.05, 3.63) is 33.4 Å². The van der Waals surface area contributed by atoms with Gasteiger partial charge in [-0.25, -0.2) is 4.79 Å². The van der Waals surface area contributed by atoms with Crippen LogP contribution in [0.3, 0.4) is 0 Å². The van der Waals surface area contributed by atoms with Crippen molar-refractivity contribution >= 4 is 28.7 Å². The summed E-state index contributed by atoms with van der Waals surface area (Å²) in [5.74, 6) is 0. The standard InChI is InChI=1S/C17H25IN2O2/c1-13-11-19(12-14-6-5-7-15(18)10-14)8-9-20(13)16(21)22-17(2,3)4/h5-7,10,13H,8-9,11-12H2,1-4H3/t13-/m0/s1. The highest BCUT2D eigenvalue weighted by atomic mass is 127. The molecule has 1 amide bonds. The van der Waals surface area contributed by atoms with Gasteiger partial charge >= 0.3 is 6.09 Å². The fraction of sp³-hybridized carbons (Fsp3) is 0.588. The zero-order valence-electron chi connectivity index (χ0n) is 13.8. The summed E-state index contributed by atoms with van der Waals surface area (Å²) in [5, 5.41) is 0. The van der Waals surface area contributed by atoms with E-state index in [4.69, 9.17) is 4.74 Å². The number of ether oxygens (including phenoxy) is 1. The summed E-state index contributed by atoms with van der Waals surface area (Å²) in [6, 6.07) is 8.75. The molecule has 0 bridgehead atoms. The number of hydrogen-bond donors (Lipinski definition) is 0. The smallest absolute Gasteiger partial charge is 0.410 e. The van der Waals surface area contributed by atoms with Gasteiger partial charge in [-0.2, -0.15) is 0 Å². The van der Waals surface area contributed by atoms with Crippen molar-refractivity contribution in [2.24, 2.45) is 0 Å². The second-order valence-electron chi connectivity index (χ2n) is 6.89. The predicted molar refractivity (Wildman–Crippen MR) is 96.8 cm³/mol. The van der Waals surface area contributed by atoms with E-state index in [-0.39, 0.29) is 12.1 Å². The average molecular weight is 416 g/mol. The van der Waals surface area contributed by atoms with Gasteiger partial charge < -0.3 is 9.64 Å². The molecule has 1 heterocycles. The third-order valence-corrected chi connectivity index (χ3v) is 4.31. The van der Waals surface area contributed by atoms with E-state index < -0.39 is 5.60 Å². The number of halogens is 1. The molecular weight excluding hydrogens is 391 g/mol. The molecule has 1 aromatic rings. The second-order valence-corrected chi connectivity index (χ2v) is 8.13. The quantitative estimate of drug-likeness (QED) is 0.689. The van der Waals surface area contributed by atoms with Crippen LogP contribution in [0, 0.1) is 3.57 Å². The Balaban J connectivity index is 1.91. The largest absolute Gasteiger partial charge is 0.444 e. The summed E-state index contributed by atoms with van der Waals surface area (Å²) in [7, 11) is 0. The minimum atomic E-state index is -0.436. The van der Waals surface area contributed by atoms with Crippen LogP contribution >= 0.6 is 22.6 Å². The second kappa shape index (κ2) is 7.17. The summed E-state index contributed by atoms with van der Waals surface area (Å²) in [5.41, 5.74) is 0.888. The van der Waals surface area contributed by atoms with Crippen LogP contribution in [0.4, 0.5) is 4.79 Å². The Labute approximate surface area is 146 Å². The van der Waals surface area contributed by atoms with Gasteiger partial charge in [-0.1, -0.05) is 12.1 Å². The lowest BCUT2D eigenvalue weighted by atomic mass is 10.1. The zero-order chi connectivity index (χ0) is 16.3. The zero-order valence-corrected chi connectivity index (χ0v) is 16.0. The Bertz CT molecular complexity index is 528. The molecule has 5 heteroatoms. The number of nitrogens with zero attached hydrogens (tertiary/aromatic N) is 2. The van der Waals surface area contributed by atoms with Gasteiger partial charge in [-0.05, 0) is 68.0 Å². The van der Waals surface area contributed by atoms with Crippen LogP contribution in [-0.2, 0) is 11.3 Å². The molecule has 0 spiro atoms. The number of carbonyl (C=O) groups excluding carboxylic acids is 1. The lowest BCUT2D eigenvalue weighted by Crippen LogP contribution is -2.54. The third kappa shape index (κ3) is 5.12. The summed E-state index contributed by atoms with van der Waals surface area (Å²) in [4.78, 5) is 16.5. The molecule has 4 nitrogen and oxygen atoms in total. The highest BCUT2D eigenvalue weighted by Crippen LogP contribution is 2.18. The Morgan fingerprint density at radius 1 is 1.36 bits per heavy atom. The Morgan fingerprint density at radius 3 is 2.68 bits per heavy atom. The highest BCUT2D eigenvalue weighted by Gasteiger charge is 2.30. The molecule has 1 saturated heterocycles. The summed E-state index contributed by atoms with van der Waals surface area (Å²) in [6.07, 6.45) is -0.200. The van der Waals surface area contributed by atoms with Crippen LogP contribution in [0.1, 0.15) is 33.3 Å². The van der Waals surface area contributed by atoms with Crippen molar-refractivity contribution in [1.82, 2.24) is 9.80 Å². The molecule has 1 fully saturated rings. The molecule has 122 valence electrons.